The van der Waals surface area contributed by atoms with Crippen LogP contribution < -0.4 is 10.6 Å². The molecule has 3 aliphatic rings. The number of pyridine rings is 1. The van der Waals surface area contributed by atoms with Gasteiger partial charge in [0.1, 0.15) is 12.1 Å². The van der Waals surface area contributed by atoms with Crippen molar-refractivity contribution >= 4 is 23.5 Å². The number of Topliss-reactive ketones (excluding diaryl/α,β-unsaturated/α-hetero) is 1. The highest BCUT2D eigenvalue weighted by Gasteiger charge is 2.56. The van der Waals surface area contributed by atoms with Gasteiger partial charge in [0.2, 0.25) is 23.5 Å². The first kappa shape index (κ1) is 27.9. The molecule has 3 fully saturated rings. The van der Waals surface area contributed by atoms with Crippen LogP contribution in [0.3, 0.4) is 0 Å². The maximum atomic E-state index is 13.7. The molecule has 40 heavy (non-hydrogen) atoms. The maximum absolute atomic E-state index is 13.7. The van der Waals surface area contributed by atoms with Crippen LogP contribution in [-0.4, -0.2) is 57.9 Å². The van der Waals surface area contributed by atoms with Crippen LogP contribution >= 0.6 is 0 Å². The normalized spacial score (nSPS) is 21.9. The predicted octanol–water partition coefficient (Wildman–Crippen LogP) is 3.20. The zero-order valence-corrected chi connectivity index (χ0v) is 22.3. The summed E-state index contributed by atoms with van der Waals surface area (Å²) in [5, 5.41) is 5.35. The molecule has 10 heteroatoms. The number of hydrogen-bond acceptors (Lipinski definition) is 5. The zero-order chi connectivity index (χ0) is 28.3. The molecular weight excluding hydrogens is 518 g/mol. The number of carbonyl (C=O) groups is 4. The Morgan fingerprint density at radius 1 is 0.975 bits per heavy atom. The topological polar surface area (TPSA) is 108 Å². The lowest BCUT2D eigenvalue weighted by Gasteiger charge is -2.33. The molecule has 8 nitrogen and oxygen atoms in total. The van der Waals surface area contributed by atoms with E-state index in [2.05, 4.69) is 15.6 Å². The summed E-state index contributed by atoms with van der Waals surface area (Å²) in [5.41, 5.74) is 1.22. The first-order chi connectivity index (χ1) is 19.1. The summed E-state index contributed by atoms with van der Waals surface area (Å²) in [7, 11) is 0. The van der Waals surface area contributed by atoms with E-state index < -0.39 is 41.5 Å². The van der Waals surface area contributed by atoms with E-state index in [1.165, 1.54) is 0 Å². The fourth-order valence-electron chi connectivity index (χ4n) is 5.83. The van der Waals surface area contributed by atoms with Gasteiger partial charge in [0.15, 0.2) is 0 Å². The van der Waals surface area contributed by atoms with E-state index in [1.54, 1.807) is 29.3 Å². The van der Waals surface area contributed by atoms with Gasteiger partial charge in [-0.1, -0.05) is 36.4 Å². The van der Waals surface area contributed by atoms with E-state index in [1.807, 2.05) is 30.3 Å². The molecule has 1 saturated heterocycles. The maximum Gasteiger partial charge on any atom is 0.289 e. The van der Waals surface area contributed by atoms with Gasteiger partial charge in [0.05, 0.1) is 12.2 Å². The molecule has 1 aromatic carbocycles. The van der Waals surface area contributed by atoms with E-state index in [9.17, 15) is 28.0 Å². The van der Waals surface area contributed by atoms with Gasteiger partial charge < -0.3 is 15.5 Å². The fraction of sp³-hybridized carbons (Fsp3) is 0.500. The minimum absolute atomic E-state index is 0.0608. The highest BCUT2D eigenvalue weighted by molar-refractivity contribution is 6.38. The summed E-state index contributed by atoms with van der Waals surface area (Å²) in [6.07, 6.45) is 3.46. The number of benzene rings is 1. The SMILES string of the molecule is O=C(NCc1ccccn1)C(=O)[C@@H](Cc1ccccc1)NC(=O)[C@@H]1CC2(CC2)CN1C(=O)C1CCC(F)(F)CC1. The Bertz CT molecular complexity index is 1240. The average molecular weight is 553 g/mol. The molecule has 0 unspecified atom stereocenters. The third kappa shape index (κ3) is 6.54. The number of carbonyl (C=O) groups excluding carboxylic acids is 4. The van der Waals surface area contributed by atoms with E-state index in [0.717, 1.165) is 18.4 Å². The molecule has 2 N–H and O–H groups in total. The van der Waals surface area contributed by atoms with Crippen LogP contribution in [0.5, 0.6) is 0 Å². The van der Waals surface area contributed by atoms with Crippen molar-refractivity contribution in [2.24, 2.45) is 11.3 Å². The Labute approximate surface area is 231 Å². The molecule has 0 bridgehead atoms. The number of halogens is 2. The second-order valence-electron chi connectivity index (χ2n) is 11.4. The largest absolute Gasteiger partial charge is 0.344 e. The molecule has 2 aliphatic carbocycles. The number of hydrogen-bond donors (Lipinski definition) is 2. The van der Waals surface area contributed by atoms with E-state index in [4.69, 9.17) is 0 Å². The Balaban J connectivity index is 1.29. The molecule has 212 valence electrons. The second kappa shape index (κ2) is 11.4. The third-order valence-electron chi connectivity index (χ3n) is 8.41. The number of ketones is 1. The number of rotatable bonds is 9. The van der Waals surface area contributed by atoms with Crippen molar-refractivity contribution in [3.8, 4) is 0 Å². The van der Waals surface area contributed by atoms with Crippen molar-refractivity contribution in [2.45, 2.75) is 75.9 Å². The van der Waals surface area contributed by atoms with Gasteiger partial charge in [-0.3, -0.25) is 24.2 Å². The number of nitrogens with one attached hydrogen (secondary N) is 2. The summed E-state index contributed by atoms with van der Waals surface area (Å²) in [5.74, 6) is -5.68. The molecule has 3 amide bonds. The van der Waals surface area contributed by atoms with Crippen molar-refractivity contribution in [2.75, 3.05) is 6.54 Å². The van der Waals surface area contributed by atoms with Crippen LogP contribution in [0.15, 0.2) is 54.7 Å². The lowest BCUT2D eigenvalue weighted by molar-refractivity contribution is -0.146. The second-order valence-corrected chi connectivity index (χ2v) is 11.4. The molecule has 2 atom stereocenters. The van der Waals surface area contributed by atoms with Crippen LogP contribution in [0.2, 0.25) is 0 Å². The summed E-state index contributed by atoms with van der Waals surface area (Å²) in [6.45, 7) is 0.476. The summed E-state index contributed by atoms with van der Waals surface area (Å²) >= 11 is 0. The molecule has 0 radical (unpaired) electrons. The Kier molecular flexibility index (Phi) is 7.96. The molecule has 1 aromatic heterocycles. The molecule has 5 rings (SSSR count). The molecule has 2 aromatic rings. The summed E-state index contributed by atoms with van der Waals surface area (Å²) in [6, 6.07) is 12.4. The van der Waals surface area contributed by atoms with Crippen molar-refractivity contribution in [3.63, 3.8) is 0 Å². The quantitative estimate of drug-likeness (QED) is 0.465. The third-order valence-corrected chi connectivity index (χ3v) is 8.41. The summed E-state index contributed by atoms with van der Waals surface area (Å²) < 4.78 is 27.4. The van der Waals surface area contributed by atoms with Gasteiger partial charge in [-0.2, -0.15) is 0 Å². The van der Waals surface area contributed by atoms with Crippen LogP contribution in [0, 0.1) is 11.3 Å². The molecule has 1 aliphatic heterocycles. The number of amides is 3. The number of nitrogens with zero attached hydrogens (tertiary/aromatic N) is 2. The molecule has 2 saturated carbocycles. The smallest absolute Gasteiger partial charge is 0.289 e. The minimum atomic E-state index is -2.75. The number of aromatic nitrogens is 1. The average Bonchev–Trinajstić information content (AvgIpc) is 3.61. The number of alkyl halides is 2. The lowest BCUT2D eigenvalue weighted by Crippen LogP contribution is -2.54. The van der Waals surface area contributed by atoms with Crippen LogP contribution in [0.4, 0.5) is 8.78 Å². The monoisotopic (exact) mass is 552 g/mol. The van der Waals surface area contributed by atoms with Crippen LogP contribution in [0.1, 0.15) is 56.2 Å². The Morgan fingerprint density at radius 3 is 2.33 bits per heavy atom. The highest BCUT2D eigenvalue weighted by atomic mass is 19.3. The molecule has 2 heterocycles. The first-order valence-electron chi connectivity index (χ1n) is 13.9. The van der Waals surface area contributed by atoms with E-state index in [-0.39, 0.29) is 50.0 Å². The summed E-state index contributed by atoms with van der Waals surface area (Å²) in [4.78, 5) is 58.9. The van der Waals surface area contributed by atoms with Crippen LogP contribution in [-0.2, 0) is 32.1 Å². The van der Waals surface area contributed by atoms with E-state index in [0.29, 0.717) is 18.7 Å². The van der Waals surface area contributed by atoms with Gasteiger partial charge in [-0.05, 0) is 55.2 Å². The van der Waals surface area contributed by atoms with Gasteiger partial charge in [0.25, 0.3) is 5.91 Å². The van der Waals surface area contributed by atoms with Crippen molar-refractivity contribution in [1.82, 2.24) is 20.5 Å². The van der Waals surface area contributed by atoms with Crippen molar-refractivity contribution in [3.05, 3.63) is 66.0 Å². The molecular formula is C30H34F2N4O4. The minimum Gasteiger partial charge on any atom is -0.344 e. The standard InChI is InChI=1S/C30H34F2N4O4/c31-30(32)11-9-21(10-12-30)28(40)36-19-29(13-14-29)17-24(36)26(38)35-23(16-20-6-2-1-3-7-20)25(37)27(39)34-18-22-8-4-5-15-33-22/h1-8,15,21,23-24H,9-14,16-19H2,(H,34,39)(H,35,38)/t23-,24+/m1/s1. The van der Waals surface area contributed by atoms with Gasteiger partial charge in [0, 0.05) is 37.9 Å². The Morgan fingerprint density at radius 2 is 1.68 bits per heavy atom. The fourth-order valence-corrected chi connectivity index (χ4v) is 5.83. The first-order valence-corrected chi connectivity index (χ1v) is 13.9. The Hall–Kier alpha value is -3.69. The van der Waals surface area contributed by atoms with Crippen LogP contribution in [0.25, 0.3) is 0 Å². The van der Waals surface area contributed by atoms with Gasteiger partial charge in [-0.25, -0.2) is 8.78 Å². The van der Waals surface area contributed by atoms with Gasteiger partial charge >= 0.3 is 0 Å². The number of likely N-dealkylation sites (tertiary alicyclic amines) is 1. The van der Waals surface area contributed by atoms with Gasteiger partial charge in [-0.15, -0.1) is 0 Å². The van der Waals surface area contributed by atoms with E-state index >= 15 is 0 Å². The van der Waals surface area contributed by atoms with Crippen molar-refractivity contribution in [1.29, 1.82) is 0 Å². The lowest BCUT2D eigenvalue weighted by atomic mass is 9.85. The highest BCUT2D eigenvalue weighted by Crippen LogP contribution is 2.55. The molecule has 1 spiro atoms. The van der Waals surface area contributed by atoms with Crippen molar-refractivity contribution < 1.29 is 28.0 Å². The zero-order valence-electron chi connectivity index (χ0n) is 22.3. The predicted molar refractivity (Wildman–Crippen MR) is 142 cm³/mol.